The maximum Gasteiger partial charge on any atom is 0.417 e. The van der Waals surface area contributed by atoms with Crippen molar-refractivity contribution in [1.29, 1.82) is 0 Å². The summed E-state index contributed by atoms with van der Waals surface area (Å²) in [7, 11) is 0. The molecular weight excluding hydrogens is 733 g/mol. The van der Waals surface area contributed by atoms with Gasteiger partial charge in [-0.3, -0.25) is 19.2 Å². The van der Waals surface area contributed by atoms with Crippen LogP contribution < -0.4 is 26.7 Å². The van der Waals surface area contributed by atoms with Crippen LogP contribution in [-0.4, -0.2) is 66.4 Å². The van der Waals surface area contributed by atoms with Gasteiger partial charge in [0.1, 0.15) is 6.04 Å². The van der Waals surface area contributed by atoms with Crippen LogP contribution in [0.4, 0.5) is 24.5 Å². The van der Waals surface area contributed by atoms with E-state index >= 15 is 0 Å². The molecule has 3 aromatic rings. The van der Waals surface area contributed by atoms with Crippen molar-refractivity contribution in [3.05, 3.63) is 93.5 Å². The van der Waals surface area contributed by atoms with E-state index in [-0.39, 0.29) is 22.7 Å². The number of carboxylic acid groups (broad SMARTS) is 1. The third-order valence-electron chi connectivity index (χ3n) is 8.41. The molecule has 1 heterocycles. The number of hydrogen-bond acceptors (Lipinski definition) is 8. The molecule has 0 bridgehead atoms. The minimum absolute atomic E-state index is 0.0756. The number of anilines is 2. The number of rotatable bonds is 17. The van der Waals surface area contributed by atoms with Crippen molar-refractivity contribution in [2.24, 2.45) is 10.8 Å². The van der Waals surface area contributed by atoms with Crippen LogP contribution in [-0.2, 0) is 21.5 Å². The first-order valence-corrected chi connectivity index (χ1v) is 18.7. The smallest absolute Gasteiger partial charge is 0.417 e. The minimum atomic E-state index is -4.66. The molecule has 0 aromatic heterocycles. The van der Waals surface area contributed by atoms with Crippen LogP contribution in [0, 0.1) is 0 Å². The maximum absolute atomic E-state index is 13.4. The first-order chi connectivity index (χ1) is 25.3. The fourth-order valence-corrected chi connectivity index (χ4v) is 6.64. The largest absolute Gasteiger partial charge is 0.480 e. The molecule has 6 N–H and O–H groups in total. The number of nitrogens with two attached hydrogens (primary N) is 1. The molecular formula is C37H42ClF3N6O5S. The van der Waals surface area contributed by atoms with Crippen molar-refractivity contribution in [2.45, 2.75) is 62.9 Å². The highest BCUT2D eigenvalue weighted by molar-refractivity contribution is 7.98. The van der Waals surface area contributed by atoms with Gasteiger partial charge in [0.25, 0.3) is 11.8 Å². The zero-order chi connectivity index (χ0) is 38.4. The molecule has 16 heteroatoms. The van der Waals surface area contributed by atoms with Gasteiger partial charge in [-0.05, 0) is 92.1 Å². The summed E-state index contributed by atoms with van der Waals surface area (Å²) in [5, 5.41) is 17.9. The van der Waals surface area contributed by atoms with E-state index in [1.54, 1.807) is 30.3 Å². The number of aliphatic carboxylic acids is 1. The molecule has 0 unspecified atom stereocenters. The highest BCUT2D eigenvalue weighted by Crippen LogP contribution is 2.35. The van der Waals surface area contributed by atoms with Crippen LogP contribution in [0.3, 0.4) is 0 Å². The quantitative estimate of drug-likeness (QED) is 0.0575. The molecule has 3 aromatic carbocycles. The first-order valence-electron chi connectivity index (χ1n) is 17.1. The monoisotopic (exact) mass is 774 g/mol. The van der Waals surface area contributed by atoms with Gasteiger partial charge in [0.05, 0.1) is 28.1 Å². The number of nitrogens with zero attached hydrogens (tertiary/aromatic N) is 2. The number of halogens is 4. The Labute approximate surface area is 314 Å². The lowest BCUT2D eigenvalue weighted by molar-refractivity contribution is -0.139. The molecule has 1 aliphatic heterocycles. The summed E-state index contributed by atoms with van der Waals surface area (Å²) in [4.78, 5) is 51.9. The number of nitrogens with one attached hydrogen (secondary N) is 3. The molecule has 53 heavy (non-hydrogen) atoms. The third kappa shape index (κ3) is 13.1. The fraction of sp³-hybridized carbons (Fsp3) is 0.378. The highest BCUT2D eigenvalue weighted by atomic mass is 35.5. The average Bonchev–Trinajstić information content (AvgIpc) is 3.13. The first kappa shape index (κ1) is 41.2. The number of amides is 3. The van der Waals surface area contributed by atoms with Crippen LogP contribution in [0.15, 0.2) is 65.8 Å². The van der Waals surface area contributed by atoms with Gasteiger partial charge in [-0.15, -0.1) is 0 Å². The number of thioether (sulfide) groups is 1. The number of unbranched alkanes of at least 4 members (excludes halogenated alkanes) is 1. The molecule has 11 nitrogen and oxygen atoms in total. The Bertz CT molecular complexity index is 1790. The second-order valence-corrected chi connectivity index (χ2v) is 14.0. The van der Waals surface area contributed by atoms with Crippen molar-refractivity contribution in [2.75, 3.05) is 35.6 Å². The average molecular weight is 775 g/mol. The predicted octanol–water partition coefficient (Wildman–Crippen LogP) is 6.69. The van der Waals surface area contributed by atoms with E-state index in [0.717, 1.165) is 62.0 Å². The zero-order valence-electron chi connectivity index (χ0n) is 28.9. The Hall–Kier alpha value is -4.60. The second kappa shape index (κ2) is 20.0. The van der Waals surface area contributed by atoms with Gasteiger partial charge in [-0.2, -0.15) is 30.0 Å². The van der Waals surface area contributed by atoms with Crippen LogP contribution in [0.2, 0.25) is 5.02 Å². The molecule has 0 radical (unpaired) electrons. The topological polar surface area (TPSA) is 166 Å². The summed E-state index contributed by atoms with van der Waals surface area (Å²) in [6.45, 7) is 2.06. The number of hydrazone groups is 1. The molecule has 3 amide bonds. The standard InChI is InChI=1S/C37H42ClF3N6O5S/c38-30-12-10-24(20-29(30)37(39,40)41)22-44-46-35(50)28-21-27(47-16-4-1-5-17-47)11-13-32(28)45-34(49)26-8-6-7-25(19-26)23-53-18-14-33(48)43-15-3-2-9-31(42)36(51)52/h6-8,10-13,19-22,31H,1-5,9,14-18,23,42H2,(H,43,48)(H,45,49)(H,46,50)(H,51,52)/b44-22-/t31-/m0/s1. The number of benzene rings is 3. The van der Waals surface area contributed by atoms with Gasteiger partial charge in [0, 0.05) is 48.8 Å². The van der Waals surface area contributed by atoms with Crippen LogP contribution >= 0.6 is 23.4 Å². The van der Waals surface area contributed by atoms with Crippen LogP contribution in [0.5, 0.6) is 0 Å². The van der Waals surface area contributed by atoms with Crippen molar-refractivity contribution in [3.63, 3.8) is 0 Å². The molecule has 1 saturated heterocycles. The van der Waals surface area contributed by atoms with Crippen molar-refractivity contribution in [3.8, 4) is 0 Å². The summed E-state index contributed by atoms with van der Waals surface area (Å²) in [5.74, 6) is -1.16. The second-order valence-electron chi connectivity index (χ2n) is 12.5. The number of alkyl halides is 3. The number of carboxylic acids is 1. The number of hydrogen-bond donors (Lipinski definition) is 5. The van der Waals surface area contributed by atoms with E-state index < -0.39 is 40.6 Å². The molecule has 0 saturated carbocycles. The van der Waals surface area contributed by atoms with Crippen molar-refractivity contribution >= 4 is 64.6 Å². The lowest BCUT2D eigenvalue weighted by atomic mass is 10.1. The van der Waals surface area contributed by atoms with Crippen molar-refractivity contribution in [1.82, 2.24) is 10.7 Å². The van der Waals surface area contributed by atoms with E-state index in [1.165, 1.54) is 17.8 Å². The van der Waals surface area contributed by atoms with Gasteiger partial charge in [0.2, 0.25) is 5.91 Å². The lowest BCUT2D eigenvalue weighted by Gasteiger charge is -2.29. The van der Waals surface area contributed by atoms with Crippen LogP contribution in [0.25, 0.3) is 0 Å². The van der Waals surface area contributed by atoms with Crippen LogP contribution in [0.1, 0.15) is 82.4 Å². The molecule has 1 fully saturated rings. The Morgan fingerprint density at radius 1 is 1.00 bits per heavy atom. The Morgan fingerprint density at radius 2 is 1.77 bits per heavy atom. The van der Waals surface area contributed by atoms with E-state index in [2.05, 4.69) is 26.1 Å². The minimum Gasteiger partial charge on any atom is -0.480 e. The summed E-state index contributed by atoms with van der Waals surface area (Å²) in [6.07, 6.45) is 1.41. The Morgan fingerprint density at radius 3 is 2.51 bits per heavy atom. The van der Waals surface area contributed by atoms with Gasteiger partial charge in [-0.25, -0.2) is 5.43 Å². The normalized spacial score (nSPS) is 13.8. The molecule has 1 atom stereocenters. The third-order valence-corrected chi connectivity index (χ3v) is 9.77. The fourth-order valence-electron chi connectivity index (χ4n) is 5.52. The van der Waals surface area contributed by atoms with E-state index in [4.69, 9.17) is 22.4 Å². The molecule has 1 aliphatic rings. The maximum atomic E-state index is 13.4. The zero-order valence-corrected chi connectivity index (χ0v) is 30.5. The van der Waals surface area contributed by atoms with E-state index in [1.807, 2.05) is 12.1 Å². The molecule has 4 rings (SSSR count). The number of carbonyl (C=O) groups is 4. The number of carbonyl (C=O) groups excluding carboxylic acids is 3. The highest BCUT2D eigenvalue weighted by Gasteiger charge is 2.33. The predicted molar refractivity (Wildman–Crippen MR) is 202 cm³/mol. The summed E-state index contributed by atoms with van der Waals surface area (Å²) in [5.41, 5.74) is 9.26. The SMILES string of the molecule is N[C@@H](CCCCNC(=O)CCSCc1cccc(C(=O)Nc2ccc(N3CCCCC3)cc2C(=O)N/N=C\c2ccc(Cl)c(C(F)(F)F)c2)c1)C(=O)O. The molecule has 0 aliphatic carbocycles. The van der Waals surface area contributed by atoms with Gasteiger partial charge in [0.15, 0.2) is 0 Å². The van der Waals surface area contributed by atoms with Gasteiger partial charge >= 0.3 is 12.1 Å². The van der Waals surface area contributed by atoms with Gasteiger partial charge < -0.3 is 26.4 Å². The van der Waals surface area contributed by atoms with E-state index in [9.17, 15) is 32.3 Å². The summed E-state index contributed by atoms with van der Waals surface area (Å²) < 4.78 is 39.9. The number of piperidine rings is 1. The lowest BCUT2D eigenvalue weighted by Crippen LogP contribution is -2.30. The van der Waals surface area contributed by atoms with Crippen molar-refractivity contribution < 1.29 is 37.5 Å². The Kier molecular flexibility index (Phi) is 15.5. The van der Waals surface area contributed by atoms with Gasteiger partial charge in [-0.1, -0.05) is 29.8 Å². The molecule has 0 spiro atoms. The summed E-state index contributed by atoms with van der Waals surface area (Å²) >= 11 is 7.24. The summed E-state index contributed by atoms with van der Waals surface area (Å²) in [6, 6.07) is 14.5. The molecule has 284 valence electrons. The Balaban J connectivity index is 1.36. The van der Waals surface area contributed by atoms with E-state index in [0.29, 0.717) is 49.3 Å².